The van der Waals surface area contributed by atoms with Crippen molar-refractivity contribution in [2.45, 2.75) is 44.9 Å². The van der Waals surface area contributed by atoms with Crippen LogP contribution in [0.2, 0.25) is 0 Å². The Balaban J connectivity index is 0.00000361. The summed E-state index contributed by atoms with van der Waals surface area (Å²) in [7, 11) is 1.91. The summed E-state index contributed by atoms with van der Waals surface area (Å²) in [6, 6.07) is 0. The Morgan fingerprint density at radius 1 is 1.30 bits per heavy atom. The number of aromatic nitrogens is 2. The van der Waals surface area contributed by atoms with Gasteiger partial charge in [-0.3, -0.25) is 9.48 Å². The number of carbonyl (C=O) groups is 1. The highest BCUT2D eigenvalue weighted by Gasteiger charge is 2.01. The van der Waals surface area contributed by atoms with Gasteiger partial charge in [0.05, 0.1) is 6.20 Å². The summed E-state index contributed by atoms with van der Waals surface area (Å²) >= 11 is 0. The van der Waals surface area contributed by atoms with Crippen LogP contribution in [0.5, 0.6) is 0 Å². The molecule has 0 fully saturated rings. The summed E-state index contributed by atoms with van der Waals surface area (Å²) in [6.45, 7) is 1.50. The second-order valence-corrected chi connectivity index (χ2v) is 4.93. The lowest BCUT2D eigenvalue weighted by Crippen LogP contribution is -2.24. The molecule has 0 aliphatic rings. The molecule has 1 heterocycles. The standard InChI is InChI=1S/C14H26N4O.ClH/c1-18-12-13(11-17-18)7-6-10-16-14(19)8-4-2-3-5-9-15;/h11-12H,2-10,15H2,1H3,(H,16,19);1H. The van der Waals surface area contributed by atoms with Crippen LogP contribution < -0.4 is 11.1 Å². The van der Waals surface area contributed by atoms with Crippen molar-refractivity contribution in [2.24, 2.45) is 12.8 Å². The van der Waals surface area contributed by atoms with Crippen LogP contribution in [0.1, 0.15) is 44.1 Å². The van der Waals surface area contributed by atoms with Crippen molar-refractivity contribution in [3.05, 3.63) is 18.0 Å². The van der Waals surface area contributed by atoms with E-state index >= 15 is 0 Å². The van der Waals surface area contributed by atoms with Crippen molar-refractivity contribution in [1.29, 1.82) is 0 Å². The molecule has 3 N–H and O–H groups in total. The third-order valence-electron chi connectivity index (χ3n) is 3.08. The summed E-state index contributed by atoms with van der Waals surface area (Å²) < 4.78 is 1.80. The first-order valence-electron chi connectivity index (χ1n) is 7.16. The van der Waals surface area contributed by atoms with Crippen LogP contribution in [-0.2, 0) is 18.3 Å². The molecule has 0 bridgehead atoms. The molecule has 1 aromatic rings. The zero-order valence-electron chi connectivity index (χ0n) is 12.3. The molecule has 0 saturated heterocycles. The molecule has 5 nitrogen and oxygen atoms in total. The van der Waals surface area contributed by atoms with Gasteiger partial charge < -0.3 is 11.1 Å². The summed E-state index contributed by atoms with van der Waals surface area (Å²) in [6.07, 6.45) is 10.7. The zero-order valence-corrected chi connectivity index (χ0v) is 13.1. The van der Waals surface area contributed by atoms with Gasteiger partial charge in [-0.15, -0.1) is 12.4 Å². The second kappa shape index (κ2) is 11.7. The SMILES string of the molecule is Cl.Cn1cc(CCCNC(=O)CCCCCCN)cn1. The van der Waals surface area contributed by atoms with Crippen molar-refractivity contribution in [1.82, 2.24) is 15.1 Å². The Morgan fingerprint density at radius 2 is 2.05 bits per heavy atom. The Morgan fingerprint density at radius 3 is 2.70 bits per heavy atom. The van der Waals surface area contributed by atoms with Crippen LogP contribution in [0.3, 0.4) is 0 Å². The molecule has 0 saturated carbocycles. The van der Waals surface area contributed by atoms with E-state index < -0.39 is 0 Å². The van der Waals surface area contributed by atoms with Crippen molar-refractivity contribution in [3.8, 4) is 0 Å². The predicted molar refractivity (Wildman–Crippen MR) is 83.9 cm³/mol. The van der Waals surface area contributed by atoms with Gasteiger partial charge in [0.2, 0.25) is 5.91 Å². The van der Waals surface area contributed by atoms with Gasteiger partial charge in [-0.2, -0.15) is 5.10 Å². The number of aryl methyl sites for hydroxylation is 2. The van der Waals surface area contributed by atoms with E-state index in [0.29, 0.717) is 6.42 Å². The van der Waals surface area contributed by atoms with Gasteiger partial charge in [0.25, 0.3) is 0 Å². The highest BCUT2D eigenvalue weighted by atomic mass is 35.5. The molecule has 1 amide bonds. The van der Waals surface area contributed by atoms with E-state index in [0.717, 1.165) is 51.6 Å². The Labute approximate surface area is 127 Å². The van der Waals surface area contributed by atoms with Crippen LogP contribution in [0.25, 0.3) is 0 Å². The molecule has 0 aliphatic heterocycles. The number of halogens is 1. The number of hydrogen-bond acceptors (Lipinski definition) is 3. The summed E-state index contributed by atoms with van der Waals surface area (Å²) in [4.78, 5) is 11.5. The minimum absolute atomic E-state index is 0. The van der Waals surface area contributed by atoms with Crippen LogP contribution in [0.4, 0.5) is 0 Å². The van der Waals surface area contributed by atoms with E-state index in [4.69, 9.17) is 5.73 Å². The number of nitrogens with two attached hydrogens (primary N) is 1. The highest BCUT2D eigenvalue weighted by molar-refractivity contribution is 5.85. The van der Waals surface area contributed by atoms with Gasteiger partial charge in [0.1, 0.15) is 0 Å². The van der Waals surface area contributed by atoms with Crippen LogP contribution in [-0.4, -0.2) is 28.8 Å². The summed E-state index contributed by atoms with van der Waals surface area (Å²) in [5.74, 6) is 0.166. The molecule has 116 valence electrons. The zero-order chi connectivity index (χ0) is 13.9. The summed E-state index contributed by atoms with van der Waals surface area (Å²) in [5, 5.41) is 7.08. The normalized spacial score (nSPS) is 10.1. The third kappa shape index (κ3) is 8.93. The third-order valence-corrected chi connectivity index (χ3v) is 3.08. The minimum Gasteiger partial charge on any atom is -0.356 e. The molecule has 6 heteroatoms. The average molecular weight is 303 g/mol. The molecule has 0 radical (unpaired) electrons. The highest BCUT2D eigenvalue weighted by Crippen LogP contribution is 2.02. The number of rotatable bonds is 10. The molecule has 0 spiro atoms. The maximum atomic E-state index is 11.5. The van der Waals surface area contributed by atoms with Crippen molar-refractivity contribution in [3.63, 3.8) is 0 Å². The smallest absolute Gasteiger partial charge is 0.219 e. The van der Waals surface area contributed by atoms with E-state index in [-0.39, 0.29) is 18.3 Å². The molecule has 0 aromatic carbocycles. The van der Waals surface area contributed by atoms with Gasteiger partial charge in [-0.1, -0.05) is 12.8 Å². The molecule has 20 heavy (non-hydrogen) atoms. The molecular weight excluding hydrogens is 276 g/mol. The van der Waals surface area contributed by atoms with E-state index in [1.165, 1.54) is 5.56 Å². The summed E-state index contributed by atoms with van der Waals surface area (Å²) in [5.41, 5.74) is 6.64. The van der Waals surface area contributed by atoms with Crippen molar-refractivity contribution < 1.29 is 4.79 Å². The maximum absolute atomic E-state index is 11.5. The molecule has 0 aliphatic carbocycles. The second-order valence-electron chi connectivity index (χ2n) is 4.93. The average Bonchev–Trinajstić information content (AvgIpc) is 2.80. The molecule has 0 unspecified atom stereocenters. The van der Waals surface area contributed by atoms with Crippen LogP contribution >= 0.6 is 12.4 Å². The van der Waals surface area contributed by atoms with Crippen molar-refractivity contribution >= 4 is 18.3 Å². The van der Waals surface area contributed by atoms with Gasteiger partial charge in [0, 0.05) is 26.2 Å². The quantitative estimate of drug-likeness (QED) is 0.647. The van der Waals surface area contributed by atoms with Gasteiger partial charge in [-0.05, 0) is 37.8 Å². The topological polar surface area (TPSA) is 72.9 Å². The minimum atomic E-state index is 0. The first-order valence-corrected chi connectivity index (χ1v) is 7.16. The first kappa shape index (κ1) is 18.9. The molecular formula is C14H27ClN4O. The fraction of sp³-hybridized carbons (Fsp3) is 0.714. The fourth-order valence-corrected chi connectivity index (χ4v) is 1.99. The number of unbranched alkanes of at least 4 members (excludes halogenated alkanes) is 3. The Bertz CT molecular complexity index is 368. The van der Waals surface area contributed by atoms with Crippen molar-refractivity contribution in [2.75, 3.05) is 13.1 Å². The lowest BCUT2D eigenvalue weighted by atomic mass is 10.1. The van der Waals surface area contributed by atoms with Gasteiger partial charge in [0.15, 0.2) is 0 Å². The van der Waals surface area contributed by atoms with Crippen LogP contribution in [0, 0.1) is 0 Å². The number of nitrogens with one attached hydrogen (secondary N) is 1. The Kier molecular flexibility index (Phi) is 11.1. The number of carbonyl (C=O) groups excluding carboxylic acids is 1. The lowest BCUT2D eigenvalue weighted by Gasteiger charge is -2.04. The number of nitrogens with zero attached hydrogens (tertiary/aromatic N) is 2. The van der Waals surface area contributed by atoms with E-state index in [1.54, 1.807) is 4.68 Å². The molecule has 1 rings (SSSR count). The van der Waals surface area contributed by atoms with E-state index in [1.807, 2.05) is 19.4 Å². The maximum Gasteiger partial charge on any atom is 0.219 e. The van der Waals surface area contributed by atoms with E-state index in [2.05, 4.69) is 10.4 Å². The number of amides is 1. The largest absolute Gasteiger partial charge is 0.356 e. The number of hydrogen-bond donors (Lipinski definition) is 2. The fourth-order valence-electron chi connectivity index (χ4n) is 1.99. The monoisotopic (exact) mass is 302 g/mol. The lowest BCUT2D eigenvalue weighted by molar-refractivity contribution is -0.121. The first-order chi connectivity index (χ1) is 9.22. The van der Waals surface area contributed by atoms with E-state index in [9.17, 15) is 4.79 Å². The molecule has 0 atom stereocenters. The Hall–Kier alpha value is -1.07. The van der Waals surface area contributed by atoms with Crippen LogP contribution in [0.15, 0.2) is 12.4 Å². The van der Waals surface area contributed by atoms with Gasteiger partial charge in [-0.25, -0.2) is 0 Å². The molecule has 1 aromatic heterocycles. The predicted octanol–water partition coefficient (Wildman–Crippen LogP) is 1.80. The van der Waals surface area contributed by atoms with Gasteiger partial charge >= 0.3 is 0 Å².